The van der Waals surface area contributed by atoms with Crippen LogP contribution in [-0.2, 0) is 0 Å². The van der Waals surface area contributed by atoms with Gasteiger partial charge in [0.2, 0.25) is 0 Å². The molecule has 0 saturated heterocycles. The smallest absolute Gasteiger partial charge is 0.142 e. The number of benzene rings is 1. The molecule has 1 atom stereocenters. The Hall–Kier alpha value is -2.54. The number of nitriles is 1. The SMILES string of the molecule is CCC(C)Oc1cccc(Nc2ccnc(C#N)c2)c1. The lowest BCUT2D eigenvalue weighted by atomic mass is 10.2. The first kappa shape index (κ1) is 13.9. The summed E-state index contributed by atoms with van der Waals surface area (Å²) in [5, 5.41) is 12.1. The van der Waals surface area contributed by atoms with Gasteiger partial charge in [0, 0.05) is 23.6 Å². The Kier molecular flexibility index (Phi) is 4.56. The van der Waals surface area contributed by atoms with Crippen LogP contribution >= 0.6 is 0 Å². The molecular formula is C16H17N3O. The van der Waals surface area contributed by atoms with Crippen molar-refractivity contribution in [1.82, 2.24) is 4.98 Å². The molecule has 0 saturated carbocycles. The van der Waals surface area contributed by atoms with Crippen LogP contribution in [0.2, 0.25) is 0 Å². The van der Waals surface area contributed by atoms with Crippen molar-refractivity contribution in [3.63, 3.8) is 0 Å². The average Bonchev–Trinajstić information content (AvgIpc) is 2.47. The predicted octanol–water partition coefficient (Wildman–Crippen LogP) is 3.87. The molecule has 2 rings (SSSR count). The quantitative estimate of drug-likeness (QED) is 0.893. The van der Waals surface area contributed by atoms with Gasteiger partial charge in [-0.05, 0) is 37.6 Å². The van der Waals surface area contributed by atoms with Gasteiger partial charge in [-0.15, -0.1) is 0 Å². The highest BCUT2D eigenvalue weighted by Crippen LogP contribution is 2.22. The second-order valence-electron chi connectivity index (χ2n) is 4.53. The minimum absolute atomic E-state index is 0.191. The maximum atomic E-state index is 8.84. The van der Waals surface area contributed by atoms with Crippen LogP contribution in [-0.4, -0.2) is 11.1 Å². The first-order valence-corrected chi connectivity index (χ1v) is 6.61. The summed E-state index contributed by atoms with van der Waals surface area (Å²) < 4.78 is 5.78. The Morgan fingerprint density at radius 1 is 1.30 bits per heavy atom. The summed E-state index contributed by atoms with van der Waals surface area (Å²) in [5.74, 6) is 0.832. The Morgan fingerprint density at radius 2 is 2.10 bits per heavy atom. The van der Waals surface area contributed by atoms with Crippen LogP contribution in [0.15, 0.2) is 42.6 Å². The third-order valence-corrected chi connectivity index (χ3v) is 2.91. The lowest BCUT2D eigenvalue weighted by molar-refractivity contribution is 0.217. The molecule has 1 unspecified atom stereocenters. The Labute approximate surface area is 119 Å². The van der Waals surface area contributed by atoms with Crippen molar-refractivity contribution in [1.29, 1.82) is 5.26 Å². The molecule has 0 bridgehead atoms. The third-order valence-electron chi connectivity index (χ3n) is 2.91. The van der Waals surface area contributed by atoms with Gasteiger partial charge in [-0.25, -0.2) is 4.98 Å². The highest BCUT2D eigenvalue weighted by molar-refractivity contribution is 5.61. The molecule has 0 fully saturated rings. The van der Waals surface area contributed by atoms with Crippen LogP contribution in [0.25, 0.3) is 0 Å². The fourth-order valence-electron chi connectivity index (χ4n) is 1.70. The van der Waals surface area contributed by atoms with Gasteiger partial charge >= 0.3 is 0 Å². The minimum Gasteiger partial charge on any atom is -0.491 e. The van der Waals surface area contributed by atoms with Gasteiger partial charge in [0.05, 0.1) is 6.10 Å². The summed E-state index contributed by atoms with van der Waals surface area (Å²) in [4.78, 5) is 3.94. The molecule has 0 radical (unpaired) electrons. The fraction of sp³-hybridized carbons (Fsp3) is 0.250. The summed E-state index contributed by atoms with van der Waals surface area (Å²) in [7, 11) is 0. The second kappa shape index (κ2) is 6.58. The topological polar surface area (TPSA) is 57.9 Å². The van der Waals surface area contributed by atoms with Crippen molar-refractivity contribution >= 4 is 11.4 Å². The van der Waals surface area contributed by atoms with E-state index >= 15 is 0 Å². The van der Waals surface area contributed by atoms with E-state index in [1.54, 1.807) is 12.3 Å². The van der Waals surface area contributed by atoms with Crippen molar-refractivity contribution in [2.45, 2.75) is 26.4 Å². The first-order valence-electron chi connectivity index (χ1n) is 6.61. The van der Waals surface area contributed by atoms with Gasteiger partial charge in [-0.3, -0.25) is 0 Å². The van der Waals surface area contributed by atoms with E-state index < -0.39 is 0 Å². The van der Waals surface area contributed by atoms with E-state index in [1.807, 2.05) is 43.3 Å². The van der Waals surface area contributed by atoms with E-state index in [-0.39, 0.29) is 6.10 Å². The van der Waals surface area contributed by atoms with E-state index in [0.29, 0.717) is 5.69 Å². The number of hydrogen-bond donors (Lipinski definition) is 1. The van der Waals surface area contributed by atoms with Crippen LogP contribution in [0.5, 0.6) is 5.75 Å². The van der Waals surface area contributed by atoms with Crippen molar-refractivity contribution in [3.05, 3.63) is 48.3 Å². The van der Waals surface area contributed by atoms with Crippen molar-refractivity contribution < 1.29 is 4.74 Å². The van der Waals surface area contributed by atoms with Gasteiger partial charge in [0.25, 0.3) is 0 Å². The van der Waals surface area contributed by atoms with Crippen molar-refractivity contribution in [2.75, 3.05) is 5.32 Å². The molecule has 0 spiro atoms. The van der Waals surface area contributed by atoms with Crippen LogP contribution in [0.3, 0.4) is 0 Å². The third kappa shape index (κ3) is 3.72. The second-order valence-corrected chi connectivity index (χ2v) is 4.53. The first-order chi connectivity index (χ1) is 9.71. The zero-order chi connectivity index (χ0) is 14.4. The van der Waals surface area contributed by atoms with E-state index in [2.05, 4.69) is 17.2 Å². The summed E-state index contributed by atoms with van der Waals surface area (Å²) >= 11 is 0. The summed E-state index contributed by atoms with van der Waals surface area (Å²) in [5.41, 5.74) is 2.14. The number of nitrogens with one attached hydrogen (secondary N) is 1. The average molecular weight is 267 g/mol. The van der Waals surface area contributed by atoms with E-state index in [4.69, 9.17) is 10.00 Å². The molecule has 1 aromatic carbocycles. The molecule has 0 aliphatic rings. The number of hydrogen-bond acceptors (Lipinski definition) is 4. The molecule has 1 N–H and O–H groups in total. The van der Waals surface area contributed by atoms with Crippen LogP contribution in [0, 0.1) is 11.3 Å². The number of pyridine rings is 1. The maximum Gasteiger partial charge on any atom is 0.142 e. The van der Waals surface area contributed by atoms with E-state index in [1.165, 1.54) is 0 Å². The van der Waals surface area contributed by atoms with Gasteiger partial charge in [-0.1, -0.05) is 13.0 Å². The van der Waals surface area contributed by atoms with Crippen molar-refractivity contribution in [3.8, 4) is 11.8 Å². The zero-order valence-electron chi connectivity index (χ0n) is 11.6. The van der Waals surface area contributed by atoms with Crippen LogP contribution < -0.4 is 10.1 Å². The van der Waals surface area contributed by atoms with Crippen molar-refractivity contribution in [2.24, 2.45) is 0 Å². The Balaban J connectivity index is 2.13. The summed E-state index contributed by atoms with van der Waals surface area (Å²) in [6, 6.07) is 13.3. The van der Waals surface area contributed by atoms with Crippen LogP contribution in [0.4, 0.5) is 11.4 Å². The highest BCUT2D eigenvalue weighted by Gasteiger charge is 2.03. The number of aromatic nitrogens is 1. The summed E-state index contributed by atoms with van der Waals surface area (Å²) in [6.45, 7) is 4.13. The lowest BCUT2D eigenvalue weighted by Crippen LogP contribution is -2.09. The van der Waals surface area contributed by atoms with E-state index in [9.17, 15) is 0 Å². The van der Waals surface area contributed by atoms with Gasteiger partial charge in [-0.2, -0.15) is 5.26 Å². The number of anilines is 2. The molecule has 4 nitrogen and oxygen atoms in total. The number of ether oxygens (including phenoxy) is 1. The monoisotopic (exact) mass is 267 g/mol. The molecule has 1 heterocycles. The van der Waals surface area contributed by atoms with Crippen LogP contribution in [0.1, 0.15) is 26.0 Å². The Morgan fingerprint density at radius 3 is 2.85 bits per heavy atom. The zero-order valence-corrected chi connectivity index (χ0v) is 11.6. The molecular weight excluding hydrogens is 250 g/mol. The lowest BCUT2D eigenvalue weighted by Gasteiger charge is -2.14. The normalized spacial score (nSPS) is 11.4. The van der Waals surface area contributed by atoms with Gasteiger partial charge in [0.15, 0.2) is 0 Å². The summed E-state index contributed by atoms with van der Waals surface area (Å²) in [6.07, 6.45) is 2.77. The molecule has 2 aromatic rings. The standard InChI is InChI=1S/C16H17N3O/c1-3-12(2)20-16-6-4-5-13(10-16)19-14-7-8-18-15(9-14)11-17/h4-10,12H,3H2,1-2H3,(H,18,19). The fourth-order valence-corrected chi connectivity index (χ4v) is 1.70. The molecule has 0 aliphatic heterocycles. The number of nitrogens with zero attached hydrogens (tertiary/aromatic N) is 2. The minimum atomic E-state index is 0.191. The molecule has 0 aliphatic carbocycles. The Bertz CT molecular complexity index is 619. The van der Waals surface area contributed by atoms with Gasteiger partial charge in [0.1, 0.15) is 17.5 Å². The molecule has 102 valence electrons. The van der Waals surface area contributed by atoms with Gasteiger partial charge < -0.3 is 10.1 Å². The molecule has 20 heavy (non-hydrogen) atoms. The highest BCUT2D eigenvalue weighted by atomic mass is 16.5. The van der Waals surface area contributed by atoms with E-state index in [0.717, 1.165) is 23.5 Å². The maximum absolute atomic E-state index is 8.84. The predicted molar refractivity (Wildman–Crippen MR) is 79.1 cm³/mol. The molecule has 0 amide bonds. The molecule has 1 aromatic heterocycles. The number of rotatable bonds is 5. The largest absolute Gasteiger partial charge is 0.491 e. The molecule has 4 heteroatoms.